The van der Waals surface area contributed by atoms with E-state index >= 15 is 0 Å². The van der Waals surface area contributed by atoms with Crippen LogP contribution >= 0.6 is 0 Å². The number of methoxy groups -OCH3 is 1. The highest BCUT2D eigenvalue weighted by molar-refractivity contribution is 4.71. The molecule has 3 nitrogen and oxygen atoms in total. The molecule has 0 aromatic carbocycles. The number of hydrogen-bond acceptors (Lipinski definition) is 3. The van der Waals surface area contributed by atoms with Crippen LogP contribution in [0.2, 0.25) is 0 Å². The van der Waals surface area contributed by atoms with Crippen LogP contribution < -0.4 is 5.32 Å². The number of ether oxygens (including phenoxy) is 1. The van der Waals surface area contributed by atoms with E-state index < -0.39 is 0 Å². The molecule has 60 valence electrons. The fraction of sp³-hybridized carbons (Fsp3) is 1.00. The van der Waals surface area contributed by atoms with E-state index in [4.69, 9.17) is 4.74 Å². The van der Waals surface area contributed by atoms with Gasteiger partial charge in [0.25, 0.3) is 0 Å². The van der Waals surface area contributed by atoms with Crippen molar-refractivity contribution in [3.05, 3.63) is 0 Å². The summed E-state index contributed by atoms with van der Waals surface area (Å²) in [4.78, 5) is 2.27. The summed E-state index contributed by atoms with van der Waals surface area (Å²) in [5.74, 6) is 0. The molecular weight excluding hydrogens is 128 g/mol. The van der Waals surface area contributed by atoms with E-state index in [2.05, 4.69) is 24.2 Å². The second-order valence-corrected chi connectivity index (χ2v) is 2.84. The molecule has 1 heterocycles. The van der Waals surface area contributed by atoms with Crippen molar-refractivity contribution in [3.63, 3.8) is 0 Å². The minimum Gasteiger partial charge on any atom is -0.367 e. The zero-order valence-corrected chi connectivity index (χ0v) is 6.92. The van der Waals surface area contributed by atoms with E-state index in [0.29, 0.717) is 6.17 Å². The molecule has 10 heavy (non-hydrogen) atoms. The summed E-state index contributed by atoms with van der Waals surface area (Å²) in [6.07, 6.45) is 1.78. The maximum Gasteiger partial charge on any atom is 0.110 e. The van der Waals surface area contributed by atoms with Gasteiger partial charge in [-0.2, -0.15) is 0 Å². The van der Waals surface area contributed by atoms with Gasteiger partial charge in [-0.15, -0.1) is 0 Å². The molecule has 0 aliphatic carbocycles. The van der Waals surface area contributed by atoms with Gasteiger partial charge in [-0.05, 0) is 20.4 Å². The molecule has 2 atom stereocenters. The van der Waals surface area contributed by atoms with Gasteiger partial charge in [-0.1, -0.05) is 0 Å². The lowest BCUT2D eigenvalue weighted by atomic mass is 10.2. The molecule has 1 fully saturated rings. The molecule has 0 aromatic heterocycles. The maximum absolute atomic E-state index is 5.17. The molecule has 1 saturated heterocycles. The van der Waals surface area contributed by atoms with Crippen molar-refractivity contribution in [2.45, 2.75) is 25.7 Å². The summed E-state index contributed by atoms with van der Waals surface area (Å²) in [6, 6.07) is 0. The fourth-order valence-electron chi connectivity index (χ4n) is 1.18. The second kappa shape index (κ2) is 3.32. The topological polar surface area (TPSA) is 24.5 Å². The smallest absolute Gasteiger partial charge is 0.110 e. The molecule has 0 bridgehead atoms. The summed E-state index contributed by atoms with van der Waals surface area (Å²) in [7, 11) is 3.86. The summed E-state index contributed by atoms with van der Waals surface area (Å²) < 4.78 is 5.17. The Morgan fingerprint density at radius 3 is 2.80 bits per heavy atom. The predicted octanol–water partition coefficient (Wildman–Crippen LogP) is 0.230. The highest BCUT2D eigenvalue weighted by Crippen LogP contribution is 2.06. The minimum absolute atomic E-state index is 0.256. The van der Waals surface area contributed by atoms with Crippen molar-refractivity contribution in [1.29, 1.82) is 0 Å². The van der Waals surface area contributed by atoms with Crippen LogP contribution in [-0.2, 0) is 4.74 Å². The van der Waals surface area contributed by atoms with Crippen LogP contribution in [0.1, 0.15) is 13.3 Å². The Morgan fingerprint density at radius 2 is 2.30 bits per heavy atom. The number of nitrogens with one attached hydrogen (secondary N) is 1. The zero-order valence-electron chi connectivity index (χ0n) is 6.92. The zero-order chi connectivity index (χ0) is 7.56. The van der Waals surface area contributed by atoms with Gasteiger partial charge in [0.05, 0.1) is 6.17 Å². The van der Waals surface area contributed by atoms with Crippen LogP contribution in [0.3, 0.4) is 0 Å². The van der Waals surface area contributed by atoms with Crippen LogP contribution in [0.25, 0.3) is 0 Å². The van der Waals surface area contributed by atoms with Gasteiger partial charge in [-0.3, -0.25) is 10.2 Å². The number of rotatable bonds is 1. The van der Waals surface area contributed by atoms with Gasteiger partial charge >= 0.3 is 0 Å². The van der Waals surface area contributed by atoms with E-state index in [1.54, 1.807) is 7.11 Å². The molecular formula is C7H16N2O. The SMILES string of the molecule is CO[C@@H]1CCN(C)C(C)N1. The summed E-state index contributed by atoms with van der Waals surface area (Å²) in [5, 5.41) is 3.32. The van der Waals surface area contributed by atoms with Gasteiger partial charge in [0.15, 0.2) is 0 Å². The van der Waals surface area contributed by atoms with Gasteiger partial charge in [0.1, 0.15) is 6.23 Å². The van der Waals surface area contributed by atoms with Gasteiger partial charge in [0, 0.05) is 13.7 Å². The molecule has 1 N–H and O–H groups in total. The van der Waals surface area contributed by atoms with Crippen molar-refractivity contribution in [1.82, 2.24) is 10.2 Å². The Hall–Kier alpha value is -0.120. The molecule has 0 aromatic rings. The highest BCUT2D eigenvalue weighted by atomic mass is 16.5. The standard InChI is InChI=1S/C7H16N2O/c1-6-8-7(10-3)4-5-9(6)2/h6-8H,4-5H2,1-3H3/t6?,7-/m1/s1. The largest absolute Gasteiger partial charge is 0.367 e. The highest BCUT2D eigenvalue weighted by Gasteiger charge is 2.20. The van der Waals surface area contributed by atoms with E-state index in [0.717, 1.165) is 13.0 Å². The second-order valence-electron chi connectivity index (χ2n) is 2.84. The molecule has 1 unspecified atom stereocenters. The molecule has 1 rings (SSSR count). The predicted molar refractivity (Wildman–Crippen MR) is 40.6 cm³/mol. The van der Waals surface area contributed by atoms with Crippen molar-refractivity contribution >= 4 is 0 Å². The van der Waals surface area contributed by atoms with Crippen molar-refractivity contribution < 1.29 is 4.74 Å². The van der Waals surface area contributed by atoms with Crippen molar-refractivity contribution in [3.8, 4) is 0 Å². The third-order valence-corrected chi connectivity index (χ3v) is 2.12. The summed E-state index contributed by atoms with van der Waals surface area (Å²) >= 11 is 0. The average Bonchev–Trinajstić information content (AvgIpc) is 1.95. The van der Waals surface area contributed by atoms with Crippen LogP contribution in [0.4, 0.5) is 0 Å². The molecule has 0 amide bonds. The van der Waals surface area contributed by atoms with Crippen LogP contribution in [-0.4, -0.2) is 38.0 Å². The minimum atomic E-state index is 0.256. The number of nitrogens with zero attached hydrogens (tertiary/aromatic N) is 1. The molecule has 3 heteroatoms. The Kier molecular flexibility index (Phi) is 2.65. The normalized spacial score (nSPS) is 36.3. The lowest BCUT2D eigenvalue weighted by molar-refractivity contribution is -0.00419. The first kappa shape index (κ1) is 7.98. The quantitative estimate of drug-likeness (QED) is 0.570. The molecule has 0 saturated carbocycles. The Labute approximate surface area is 62.3 Å². The third kappa shape index (κ3) is 1.68. The van der Waals surface area contributed by atoms with Gasteiger partial charge in [-0.25, -0.2) is 0 Å². The van der Waals surface area contributed by atoms with Gasteiger partial charge in [0.2, 0.25) is 0 Å². The third-order valence-electron chi connectivity index (χ3n) is 2.12. The molecule has 1 aliphatic rings. The van der Waals surface area contributed by atoms with Crippen molar-refractivity contribution in [2.24, 2.45) is 0 Å². The van der Waals surface area contributed by atoms with E-state index in [-0.39, 0.29) is 6.23 Å². The fourth-order valence-corrected chi connectivity index (χ4v) is 1.18. The van der Waals surface area contributed by atoms with Gasteiger partial charge < -0.3 is 4.74 Å². The molecule has 1 aliphatic heterocycles. The van der Waals surface area contributed by atoms with E-state index in [1.165, 1.54) is 0 Å². The first-order chi connectivity index (χ1) is 4.74. The summed E-state index contributed by atoms with van der Waals surface area (Å²) in [5.41, 5.74) is 0. The molecule has 0 spiro atoms. The Morgan fingerprint density at radius 1 is 1.60 bits per heavy atom. The first-order valence-electron chi connectivity index (χ1n) is 3.73. The maximum atomic E-state index is 5.17. The monoisotopic (exact) mass is 144 g/mol. The van der Waals surface area contributed by atoms with Crippen LogP contribution in [0.5, 0.6) is 0 Å². The van der Waals surface area contributed by atoms with Crippen LogP contribution in [0.15, 0.2) is 0 Å². The lowest BCUT2D eigenvalue weighted by Crippen LogP contribution is -2.53. The van der Waals surface area contributed by atoms with Crippen molar-refractivity contribution in [2.75, 3.05) is 20.7 Å². The summed E-state index contributed by atoms with van der Waals surface area (Å²) in [6.45, 7) is 3.26. The Balaban J connectivity index is 2.33. The van der Waals surface area contributed by atoms with Crippen LogP contribution in [0, 0.1) is 0 Å². The van der Waals surface area contributed by atoms with E-state index in [1.807, 2.05) is 0 Å². The number of hydrogen-bond donors (Lipinski definition) is 1. The Bertz CT molecular complexity index is 108. The lowest BCUT2D eigenvalue weighted by Gasteiger charge is -2.35. The van der Waals surface area contributed by atoms with E-state index in [9.17, 15) is 0 Å². The average molecular weight is 144 g/mol. The first-order valence-corrected chi connectivity index (χ1v) is 3.73. The molecule has 0 radical (unpaired) electrons.